The molecule has 0 saturated heterocycles. The fourth-order valence-corrected chi connectivity index (χ4v) is 1.66. The highest BCUT2D eigenvalue weighted by Gasteiger charge is 2.08. The monoisotopic (exact) mass is 206 g/mol. The summed E-state index contributed by atoms with van der Waals surface area (Å²) in [5.74, 6) is 0.788. The van der Waals surface area contributed by atoms with E-state index in [1.807, 2.05) is 18.3 Å². The smallest absolute Gasteiger partial charge is 0.0570 e. The molecule has 0 amide bonds. The molecule has 15 heavy (non-hydrogen) atoms. The number of hydrogen-bond acceptors (Lipinski definition) is 2. The van der Waals surface area contributed by atoms with E-state index in [4.69, 9.17) is 0 Å². The van der Waals surface area contributed by atoms with Crippen LogP contribution in [0.4, 0.5) is 0 Å². The van der Waals surface area contributed by atoms with Crippen LogP contribution in [0.2, 0.25) is 0 Å². The Morgan fingerprint density at radius 3 is 2.53 bits per heavy atom. The number of rotatable bonds is 6. The molecule has 0 radical (unpaired) electrons. The summed E-state index contributed by atoms with van der Waals surface area (Å²) in [6.07, 6.45) is 4.35. The Kier molecular flexibility index (Phi) is 5.33. The van der Waals surface area contributed by atoms with Crippen molar-refractivity contribution in [2.24, 2.45) is 5.92 Å². The predicted octanol–water partition coefficient (Wildman–Crippen LogP) is 3.17. The summed E-state index contributed by atoms with van der Waals surface area (Å²) in [4.78, 5) is 4.35. The molecule has 0 fully saturated rings. The third kappa shape index (κ3) is 4.00. The zero-order valence-corrected chi connectivity index (χ0v) is 10.0. The first-order chi connectivity index (χ1) is 7.27. The highest BCUT2D eigenvalue weighted by Crippen LogP contribution is 2.11. The summed E-state index contributed by atoms with van der Waals surface area (Å²) in [5.41, 5.74) is 1.13. The second-order valence-corrected chi connectivity index (χ2v) is 4.07. The van der Waals surface area contributed by atoms with Crippen molar-refractivity contribution < 1.29 is 0 Å². The number of nitrogens with one attached hydrogen (secondary N) is 1. The third-order valence-electron chi connectivity index (χ3n) is 3.00. The van der Waals surface area contributed by atoms with Gasteiger partial charge in [0.1, 0.15) is 0 Å². The molecule has 0 saturated carbocycles. The largest absolute Gasteiger partial charge is 0.309 e. The molecule has 0 aliphatic rings. The van der Waals surface area contributed by atoms with E-state index in [1.54, 1.807) is 0 Å². The molecule has 1 N–H and O–H groups in total. The van der Waals surface area contributed by atoms with E-state index in [0.29, 0.717) is 6.04 Å². The van der Waals surface area contributed by atoms with Crippen LogP contribution >= 0.6 is 0 Å². The van der Waals surface area contributed by atoms with Crippen molar-refractivity contribution in [2.75, 3.05) is 6.54 Å². The summed E-state index contributed by atoms with van der Waals surface area (Å²) in [6.45, 7) is 7.76. The Morgan fingerprint density at radius 2 is 2.00 bits per heavy atom. The van der Waals surface area contributed by atoms with Crippen molar-refractivity contribution in [3.8, 4) is 0 Å². The minimum Gasteiger partial charge on any atom is -0.309 e. The standard InChI is InChI=1S/C13H22N2/c1-4-12(5-2)10-15-11(3)13-8-6-7-9-14-13/h6-9,11-12,15H,4-5,10H2,1-3H3. The fraction of sp³-hybridized carbons (Fsp3) is 0.615. The topological polar surface area (TPSA) is 24.9 Å². The molecule has 1 atom stereocenters. The van der Waals surface area contributed by atoms with Crippen LogP contribution in [0.5, 0.6) is 0 Å². The summed E-state index contributed by atoms with van der Waals surface area (Å²) in [6, 6.07) is 6.42. The maximum absolute atomic E-state index is 4.35. The van der Waals surface area contributed by atoms with Gasteiger partial charge < -0.3 is 5.32 Å². The molecule has 0 aromatic carbocycles. The molecule has 0 aliphatic carbocycles. The minimum absolute atomic E-state index is 0.354. The molecule has 1 unspecified atom stereocenters. The molecule has 0 aliphatic heterocycles. The Bertz CT molecular complexity index is 254. The lowest BCUT2D eigenvalue weighted by Crippen LogP contribution is -2.25. The van der Waals surface area contributed by atoms with Crippen LogP contribution in [0.15, 0.2) is 24.4 Å². The molecule has 84 valence electrons. The molecule has 2 heteroatoms. The van der Waals surface area contributed by atoms with Crippen LogP contribution in [-0.2, 0) is 0 Å². The van der Waals surface area contributed by atoms with E-state index in [9.17, 15) is 0 Å². The Morgan fingerprint density at radius 1 is 1.27 bits per heavy atom. The van der Waals surface area contributed by atoms with Gasteiger partial charge in [-0.2, -0.15) is 0 Å². The van der Waals surface area contributed by atoms with Gasteiger partial charge in [-0.3, -0.25) is 4.98 Å². The first-order valence-electron chi connectivity index (χ1n) is 5.92. The lowest BCUT2D eigenvalue weighted by molar-refractivity contribution is 0.419. The minimum atomic E-state index is 0.354. The fourth-order valence-electron chi connectivity index (χ4n) is 1.66. The van der Waals surface area contributed by atoms with Gasteiger partial charge in [0.05, 0.1) is 5.69 Å². The normalized spacial score (nSPS) is 13.1. The Labute approximate surface area is 93.1 Å². The van der Waals surface area contributed by atoms with Crippen molar-refractivity contribution in [2.45, 2.75) is 39.7 Å². The quantitative estimate of drug-likeness (QED) is 0.773. The SMILES string of the molecule is CCC(CC)CNC(C)c1ccccn1. The van der Waals surface area contributed by atoms with E-state index in [1.165, 1.54) is 12.8 Å². The molecular formula is C13H22N2. The van der Waals surface area contributed by atoms with Gasteiger partial charge in [-0.25, -0.2) is 0 Å². The Balaban J connectivity index is 2.39. The van der Waals surface area contributed by atoms with Crippen LogP contribution in [0.3, 0.4) is 0 Å². The van der Waals surface area contributed by atoms with Gasteiger partial charge in [0.15, 0.2) is 0 Å². The summed E-state index contributed by atoms with van der Waals surface area (Å²) >= 11 is 0. The summed E-state index contributed by atoms with van der Waals surface area (Å²) in [5, 5.41) is 3.54. The predicted molar refractivity (Wildman–Crippen MR) is 64.7 cm³/mol. The molecule has 0 spiro atoms. The first-order valence-corrected chi connectivity index (χ1v) is 5.92. The molecule has 1 aromatic heterocycles. The molecule has 2 nitrogen and oxygen atoms in total. The first kappa shape index (κ1) is 12.2. The molecular weight excluding hydrogens is 184 g/mol. The average Bonchev–Trinajstić information content (AvgIpc) is 2.31. The zero-order chi connectivity index (χ0) is 11.1. The second kappa shape index (κ2) is 6.57. The van der Waals surface area contributed by atoms with E-state index in [0.717, 1.165) is 18.2 Å². The van der Waals surface area contributed by atoms with Gasteiger partial charge in [-0.15, -0.1) is 0 Å². The Hall–Kier alpha value is -0.890. The highest BCUT2D eigenvalue weighted by molar-refractivity contribution is 5.07. The van der Waals surface area contributed by atoms with Crippen molar-refractivity contribution in [1.82, 2.24) is 10.3 Å². The zero-order valence-electron chi connectivity index (χ0n) is 10.0. The molecule has 0 bridgehead atoms. The third-order valence-corrected chi connectivity index (χ3v) is 3.00. The van der Waals surface area contributed by atoms with Crippen LogP contribution in [0.1, 0.15) is 45.3 Å². The molecule has 1 rings (SSSR count). The summed E-state index contributed by atoms with van der Waals surface area (Å²) < 4.78 is 0. The maximum atomic E-state index is 4.35. The van der Waals surface area contributed by atoms with Gasteiger partial charge in [0, 0.05) is 12.2 Å². The average molecular weight is 206 g/mol. The van der Waals surface area contributed by atoms with Crippen molar-refractivity contribution in [1.29, 1.82) is 0 Å². The van der Waals surface area contributed by atoms with Crippen LogP contribution < -0.4 is 5.32 Å². The number of aromatic nitrogens is 1. The van der Waals surface area contributed by atoms with Gasteiger partial charge in [-0.05, 0) is 31.5 Å². The number of pyridine rings is 1. The van der Waals surface area contributed by atoms with Crippen LogP contribution in [-0.4, -0.2) is 11.5 Å². The van der Waals surface area contributed by atoms with Crippen molar-refractivity contribution in [3.05, 3.63) is 30.1 Å². The highest BCUT2D eigenvalue weighted by atomic mass is 14.9. The number of nitrogens with zero attached hydrogens (tertiary/aromatic N) is 1. The van der Waals surface area contributed by atoms with E-state index < -0.39 is 0 Å². The van der Waals surface area contributed by atoms with E-state index in [2.05, 4.69) is 37.1 Å². The van der Waals surface area contributed by atoms with Gasteiger partial charge in [0.2, 0.25) is 0 Å². The van der Waals surface area contributed by atoms with Gasteiger partial charge in [0.25, 0.3) is 0 Å². The maximum Gasteiger partial charge on any atom is 0.0570 e. The second-order valence-electron chi connectivity index (χ2n) is 4.07. The molecule has 1 heterocycles. The van der Waals surface area contributed by atoms with Crippen LogP contribution in [0, 0.1) is 5.92 Å². The van der Waals surface area contributed by atoms with E-state index in [-0.39, 0.29) is 0 Å². The van der Waals surface area contributed by atoms with Gasteiger partial charge in [-0.1, -0.05) is 32.8 Å². The van der Waals surface area contributed by atoms with Crippen LogP contribution in [0.25, 0.3) is 0 Å². The number of hydrogen-bond donors (Lipinski definition) is 1. The van der Waals surface area contributed by atoms with Gasteiger partial charge >= 0.3 is 0 Å². The molecule has 1 aromatic rings. The summed E-state index contributed by atoms with van der Waals surface area (Å²) in [7, 11) is 0. The lowest BCUT2D eigenvalue weighted by atomic mass is 10.0. The van der Waals surface area contributed by atoms with Crippen molar-refractivity contribution >= 4 is 0 Å². The van der Waals surface area contributed by atoms with E-state index >= 15 is 0 Å². The van der Waals surface area contributed by atoms with Crippen molar-refractivity contribution in [3.63, 3.8) is 0 Å². The lowest BCUT2D eigenvalue weighted by Gasteiger charge is -2.18.